The maximum atomic E-state index is 13.2. The van der Waals surface area contributed by atoms with Gasteiger partial charge in [-0.1, -0.05) is 25.5 Å². The number of hydrogen-bond donors (Lipinski definition) is 1. The summed E-state index contributed by atoms with van der Waals surface area (Å²) in [6, 6.07) is 10.9. The Bertz CT molecular complexity index is 1130. The number of hydrogen-bond acceptors (Lipinski definition) is 4. The average Bonchev–Trinajstić information content (AvgIpc) is 2.72. The highest BCUT2D eigenvalue weighted by Crippen LogP contribution is 2.33. The summed E-state index contributed by atoms with van der Waals surface area (Å²) in [5.74, 6) is -0.344. The Morgan fingerprint density at radius 1 is 1.14 bits per heavy atom. The third kappa shape index (κ3) is 3.50. The maximum absolute atomic E-state index is 13.2. The molecule has 1 atom stereocenters. The second-order valence-electron chi connectivity index (χ2n) is 7.42. The summed E-state index contributed by atoms with van der Waals surface area (Å²) in [4.78, 5) is 25.9. The van der Waals surface area contributed by atoms with Gasteiger partial charge in [-0.05, 0) is 54.7 Å². The second kappa shape index (κ2) is 7.70. The Morgan fingerprint density at radius 2 is 1.90 bits per heavy atom. The van der Waals surface area contributed by atoms with E-state index in [2.05, 4.69) is 6.92 Å². The van der Waals surface area contributed by atoms with Crippen molar-refractivity contribution in [2.24, 2.45) is 0 Å². The van der Waals surface area contributed by atoms with Crippen molar-refractivity contribution in [2.75, 3.05) is 6.61 Å². The van der Waals surface area contributed by atoms with Gasteiger partial charge in [0.2, 0.25) is 5.43 Å². The van der Waals surface area contributed by atoms with Gasteiger partial charge in [-0.3, -0.25) is 9.59 Å². The molecule has 0 bridgehead atoms. The first-order chi connectivity index (χ1) is 14.0. The molecule has 3 aromatic rings. The van der Waals surface area contributed by atoms with Crippen molar-refractivity contribution in [3.8, 4) is 5.75 Å². The molecule has 0 saturated carbocycles. The van der Waals surface area contributed by atoms with E-state index < -0.39 is 0 Å². The van der Waals surface area contributed by atoms with Crippen molar-refractivity contribution in [3.63, 3.8) is 0 Å². The van der Waals surface area contributed by atoms with Gasteiger partial charge in [-0.15, -0.1) is 0 Å². The largest absolute Gasteiger partial charge is 0.494 e. The number of Topliss-reactive ketones (excluding diaryl/α,β-unsaturated/α-hetero) is 1. The summed E-state index contributed by atoms with van der Waals surface area (Å²) >= 11 is 0. The molecule has 150 valence electrons. The monoisotopic (exact) mass is 395 g/mol. The number of aromatic nitrogens is 1. The van der Waals surface area contributed by atoms with E-state index >= 15 is 0 Å². The van der Waals surface area contributed by atoms with E-state index in [1.807, 2.05) is 0 Å². The molecular formula is C23H22FNO4. The van der Waals surface area contributed by atoms with Crippen molar-refractivity contribution in [1.29, 1.82) is 0 Å². The Morgan fingerprint density at radius 3 is 2.62 bits per heavy atom. The Labute approximate surface area is 167 Å². The molecule has 0 fully saturated rings. The first-order valence-electron chi connectivity index (χ1n) is 9.82. The van der Waals surface area contributed by atoms with Crippen LogP contribution in [0.5, 0.6) is 5.75 Å². The van der Waals surface area contributed by atoms with Gasteiger partial charge >= 0.3 is 0 Å². The second-order valence-corrected chi connectivity index (χ2v) is 7.42. The third-order valence-corrected chi connectivity index (χ3v) is 5.47. The fraction of sp³-hybridized carbons (Fsp3) is 0.304. The van der Waals surface area contributed by atoms with Gasteiger partial charge in [0.05, 0.1) is 28.8 Å². The van der Waals surface area contributed by atoms with E-state index in [1.165, 1.54) is 12.1 Å². The summed E-state index contributed by atoms with van der Waals surface area (Å²) in [5.41, 5.74) is 1.09. The van der Waals surface area contributed by atoms with Crippen LogP contribution in [0.15, 0.2) is 47.3 Å². The number of rotatable bonds is 5. The number of pyridine rings is 1. The SMILES string of the molecule is CCCCOc1ccc2c(c1)c(=O)c1c(n2O)CC(c2ccc(F)cc2)CC1=O. The molecule has 1 aromatic heterocycles. The third-order valence-electron chi connectivity index (χ3n) is 5.47. The minimum absolute atomic E-state index is 0.0315. The average molecular weight is 395 g/mol. The first-order valence-corrected chi connectivity index (χ1v) is 9.82. The van der Waals surface area contributed by atoms with Crippen molar-refractivity contribution < 1.29 is 19.1 Å². The molecule has 0 spiro atoms. The number of ether oxygens (including phenoxy) is 1. The van der Waals surface area contributed by atoms with E-state index in [0.717, 1.165) is 23.1 Å². The standard InChI is InChI=1S/C23H22FNO4/c1-2-3-10-29-17-8-9-19-18(13-17)23(27)22-20(25(19)28)11-15(12-21(22)26)14-4-6-16(24)7-5-14/h4-9,13,15,28H,2-3,10-12H2,1H3. The molecule has 0 amide bonds. The zero-order valence-electron chi connectivity index (χ0n) is 16.2. The Balaban J connectivity index is 1.77. The number of fused-ring (bicyclic) bond motifs is 2. The van der Waals surface area contributed by atoms with Crippen LogP contribution in [0.25, 0.3) is 10.9 Å². The van der Waals surface area contributed by atoms with Gasteiger partial charge in [0, 0.05) is 6.42 Å². The Kier molecular flexibility index (Phi) is 5.09. The quantitative estimate of drug-likeness (QED) is 0.511. The first kappa shape index (κ1) is 19.2. The maximum Gasteiger partial charge on any atom is 0.200 e. The molecule has 6 heteroatoms. The molecule has 1 aliphatic rings. The van der Waals surface area contributed by atoms with Crippen LogP contribution in [0.1, 0.15) is 53.7 Å². The molecule has 1 N–H and O–H groups in total. The highest BCUT2D eigenvalue weighted by molar-refractivity contribution is 6.01. The highest BCUT2D eigenvalue weighted by Gasteiger charge is 2.32. The van der Waals surface area contributed by atoms with Gasteiger partial charge in [0.1, 0.15) is 11.6 Å². The lowest BCUT2D eigenvalue weighted by Crippen LogP contribution is -2.30. The van der Waals surface area contributed by atoms with Gasteiger partial charge in [-0.2, -0.15) is 4.73 Å². The molecule has 4 rings (SSSR count). The zero-order chi connectivity index (χ0) is 20.5. The van der Waals surface area contributed by atoms with E-state index in [1.54, 1.807) is 30.3 Å². The van der Waals surface area contributed by atoms with Gasteiger partial charge < -0.3 is 9.94 Å². The van der Waals surface area contributed by atoms with Crippen LogP contribution >= 0.6 is 0 Å². The predicted octanol–water partition coefficient (Wildman–Crippen LogP) is 4.47. The molecule has 29 heavy (non-hydrogen) atoms. The fourth-order valence-electron chi connectivity index (χ4n) is 3.90. The summed E-state index contributed by atoms with van der Waals surface area (Å²) in [7, 11) is 0. The van der Waals surface area contributed by atoms with Crippen LogP contribution in [0.3, 0.4) is 0 Å². The number of nitrogens with zero attached hydrogens (tertiary/aromatic N) is 1. The van der Waals surface area contributed by atoms with Crippen LogP contribution < -0.4 is 10.2 Å². The van der Waals surface area contributed by atoms with Crippen LogP contribution in [0.2, 0.25) is 0 Å². The number of ketones is 1. The highest BCUT2D eigenvalue weighted by atomic mass is 19.1. The van der Waals surface area contributed by atoms with E-state index in [0.29, 0.717) is 30.0 Å². The fourth-order valence-corrected chi connectivity index (χ4v) is 3.90. The van der Waals surface area contributed by atoms with E-state index in [9.17, 15) is 19.2 Å². The number of unbranched alkanes of at least 4 members (excludes halogenated alkanes) is 1. The van der Waals surface area contributed by atoms with Gasteiger partial charge in [0.25, 0.3) is 0 Å². The zero-order valence-corrected chi connectivity index (χ0v) is 16.2. The smallest absolute Gasteiger partial charge is 0.200 e. The normalized spacial score (nSPS) is 16.1. The minimum Gasteiger partial charge on any atom is -0.494 e. The molecule has 1 heterocycles. The minimum atomic E-state index is -0.385. The summed E-state index contributed by atoms with van der Waals surface area (Å²) in [6.45, 7) is 2.60. The van der Waals surface area contributed by atoms with Crippen molar-refractivity contribution in [1.82, 2.24) is 4.73 Å². The van der Waals surface area contributed by atoms with E-state index in [-0.39, 0.29) is 40.3 Å². The molecule has 1 aliphatic carbocycles. The Hall–Kier alpha value is -3.15. The molecule has 5 nitrogen and oxygen atoms in total. The summed E-state index contributed by atoms with van der Waals surface area (Å²) in [6.07, 6.45) is 2.36. The lowest BCUT2D eigenvalue weighted by atomic mass is 9.81. The molecule has 0 aliphatic heterocycles. The van der Waals surface area contributed by atoms with Gasteiger partial charge in [0.15, 0.2) is 5.78 Å². The van der Waals surface area contributed by atoms with E-state index in [4.69, 9.17) is 4.74 Å². The van der Waals surface area contributed by atoms with Crippen LogP contribution in [0.4, 0.5) is 4.39 Å². The number of carbonyl (C=O) groups is 1. The molecule has 1 unspecified atom stereocenters. The van der Waals surface area contributed by atoms with Gasteiger partial charge in [-0.25, -0.2) is 4.39 Å². The molecular weight excluding hydrogens is 373 g/mol. The molecule has 2 aromatic carbocycles. The van der Waals surface area contributed by atoms with Crippen molar-refractivity contribution >= 4 is 16.7 Å². The summed E-state index contributed by atoms with van der Waals surface area (Å²) < 4.78 is 19.8. The number of halogens is 1. The predicted molar refractivity (Wildman–Crippen MR) is 108 cm³/mol. The van der Waals surface area contributed by atoms with Crippen LogP contribution in [-0.2, 0) is 6.42 Å². The van der Waals surface area contributed by atoms with Crippen molar-refractivity contribution in [2.45, 2.75) is 38.5 Å². The van der Waals surface area contributed by atoms with Crippen LogP contribution in [-0.4, -0.2) is 22.3 Å². The van der Waals surface area contributed by atoms with Crippen LogP contribution in [0, 0.1) is 5.82 Å². The summed E-state index contributed by atoms with van der Waals surface area (Å²) in [5, 5.41) is 11.0. The topological polar surface area (TPSA) is 68.5 Å². The molecule has 0 radical (unpaired) electrons. The van der Waals surface area contributed by atoms with Crippen molar-refractivity contribution in [3.05, 3.63) is 75.3 Å². The molecule has 0 saturated heterocycles. The lowest BCUT2D eigenvalue weighted by molar-refractivity contribution is 0.0949. The number of carbonyl (C=O) groups excluding carboxylic acids is 1. The number of benzene rings is 2. The lowest BCUT2D eigenvalue weighted by Gasteiger charge is -2.25.